The Morgan fingerprint density at radius 2 is 2.18 bits per heavy atom. The second-order valence-electron chi connectivity index (χ2n) is 2.80. The molecule has 0 saturated heterocycles. The molecule has 0 aromatic rings. The van der Waals surface area contributed by atoms with Crippen LogP contribution in [-0.4, -0.2) is 10.9 Å². The van der Waals surface area contributed by atoms with Crippen molar-refractivity contribution in [2.24, 2.45) is 0 Å². The Morgan fingerprint density at radius 1 is 1.45 bits per heavy atom. The highest BCUT2D eigenvalue weighted by molar-refractivity contribution is 9.09. The molecule has 0 N–H and O–H groups in total. The molecule has 1 saturated carbocycles. The Hall–Kier alpha value is -0.200. The van der Waals surface area contributed by atoms with Gasteiger partial charge in [0.05, 0.1) is 4.83 Å². The topological polar surface area (TPSA) is 9.23 Å². The van der Waals surface area contributed by atoms with Crippen LogP contribution in [0.5, 0.6) is 0 Å². The van der Waals surface area contributed by atoms with E-state index in [1.165, 1.54) is 19.3 Å². The maximum absolute atomic E-state index is 5.40. The first-order valence-electron chi connectivity index (χ1n) is 3.98. The zero-order valence-electron chi connectivity index (χ0n) is 6.55. The van der Waals surface area contributed by atoms with Gasteiger partial charge in [0.15, 0.2) is 0 Å². The van der Waals surface area contributed by atoms with E-state index < -0.39 is 0 Å². The van der Waals surface area contributed by atoms with E-state index in [-0.39, 0.29) is 0 Å². The van der Waals surface area contributed by atoms with Gasteiger partial charge in [0.1, 0.15) is 12.4 Å². The molecule has 1 aliphatic rings. The molecule has 1 fully saturated rings. The van der Waals surface area contributed by atoms with E-state index in [0.717, 1.165) is 6.42 Å². The molecular weight excluding hydrogens is 204 g/mol. The Kier molecular flexibility index (Phi) is 3.74. The molecule has 11 heavy (non-hydrogen) atoms. The van der Waals surface area contributed by atoms with Gasteiger partial charge >= 0.3 is 0 Å². The van der Waals surface area contributed by atoms with E-state index in [1.54, 1.807) is 6.26 Å². The van der Waals surface area contributed by atoms with Crippen molar-refractivity contribution in [2.45, 2.75) is 36.6 Å². The Balaban J connectivity index is 2.35. The van der Waals surface area contributed by atoms with Crippen LogP contribution in [0.15, 0.2) is 18.6 Å². The van der Waals surface area contributed by atoms with E-state index in [9.17, 15) is 0 Å². The summed E-state index contributed by atoms with van der Waals surface area (Å²) in [6.07, 6.45) is 6.84. The summed E-state index contributed by atoms with van der Waals surface area (Å²) in [6, 6.07) is 0. The second-order valence-corrected chi connectivity index (χ2v) is 3.97. The summed E-state index contributed by atoms with van der Waals surface area (Å²) in [5.74, 6) is 0. The molecule has 0 spiro atoms. The maximum Gasteiger partial charge on any atom is 0.125 e. The van der Waals surface area contributed by atoms with Crippen molar-refractivity contribution in [3.8, 4) is 0 Å². The van der Waals surface area contributed by atoms with Crippen molar-refractivity contribution in [1.29, 1.82) is 0 Å². The normalized spacial score (nSPS) is 30.6. The standard InChI is InChI=1S/C9H13BrO/c1-2-7-11-9-6-4-3-5-8(9)10/h7-9H,1,3-6H2. The highest BCUT2D eigenvalue weighted by atomic mass is 79.9. The third-order valence-electron chi connectivity index (χ3n) is 1.95. The van der Waals surface area contributed by atoms with Crippen molar-refractivity contribution in [3.63, 3.8) is 0 Å². The average molecular weight is 217 g/mol. The number of alkyl halides is 1. The number of ether oxygens (including phenoxy) is 1. The van der Waals surface area contributed by atoms with Gasteiger partial charge in [0.25, 0.3) is 0 Å². The van der Waals surface area contributed by atoms with E-state index >= 15 is 0 Å². The van der Waals surface area contributed by atoms with Crippen LogP contribution < -0.4 is 0 Å². The molecule has 1 aliphatic carbocycles. The van der Waals surface area contributed by atoms with Gasteiger partial charge in [0.2, 0.25) is 0 Å². The average Bonchev–Trinajstić information content (AvgIpc) is 2.03. The molecule has 0 radical (unpaired) electrons. The van der Waals surface area contributed by atoms with Crippen LogP contribution in [0.1, 0.15) is 25.7 Å². The predicted octanol–water partition coefficient (Wildman–Crippen LogP) is 3.01. The highest BCUT2D eigenvalue weighted by Crippen LogP contribution is 2.26. The molecule has 0 heterocycles. The minimum absolute atomic E-state index is 0.331. The summed E-state index contributed by atoms with van der Waals surface area (Å²) >= 11 is 3.59. The fourth-order valence-corrected chi connectivity index (χ4v) is 2.05. The van der Waals surface area contributed by atoms with Crippen LogP contribution in [0.25, 0.3) is 0 Å². The monoisotopic (exact) mass is 216 g/mol. The van der Waals surface area contributed by atoms with E-state index in [2.05, 4.69) is 28.2 Å². The Morgan fingerprint density at radius 3 is 2.82 bits per heavy atom. The van der Waals surface area contributed by atoms with Crippen molar-refractivity contribution >= 4 is 15.9 Å². The molecule has 0 aromatic heterocycles. The minimum atomic E-state index is 0.331. The molecular formula is C9H13BrO. The SMILES string of the molecule is C=C=COC1CCCCC1Br. The van der Waals surface area contributed by atoms with Gasteiger partial charge in [-0.05, 0) is 19.3 Å². The largest absolute Gasteiger partial charge is 0.489 e. The minimum Gasteiger partial charge on any atom is -0.489 e. The zero-order chi connectivity index (χ0) is 8.10. The number of halogens is 1. The summed E-state index contributed by atoms with van der Waals surface area (Å²) < 4.78 is 5.40. The molecule has 0 amide bonds. The lowest BCUT2D eigenvalue weighted by Crippen LogP contribution is -2.25. The fraction of sp³-hybridized carbons (Fsp3) is 0.667. The van der Waals surface area contributed by atoms with Crippen LogP contribution in [0.2, 0.25) is 0 Å². The quantitative estimate of drug-likeness (QED) is 0.392. The summed E-state index contributed by atoms with van der Waals surface area (Å²) in [6.45, 7) is 3.45. The van der Waals surface area contributed by atoms with Crippen molar-refractivity contribution < 1.29 is 4.74 Å². The predicted molar refractivity (Wildman–Crippen MR) is 49.8 cm³/mol. The number of hydrogen-bond donors (Lipinski definition) is 0. The van der Waals surface area contributed by atoms with Crippen LogP contribution in [0, 0.1) is 0 Å². The molecule has 1 rings (SSSR count). The lowest BCUT2D eigenvalue weighted by Gasteiger charge is -2.25. The molecule has 0 aliphatic heterocycles. The molecule has 2 atom stereocenters. The smallest absolute Gasteiger partial charge is 0.125 e. The maximum atomic E-state index is 5.40. The van der Waals surface area contributed by atoms with Gasteiger partial charge in [0, 0.05) is 0 Å². The van der Waals surface area contributed by atoms with E-state index in [4.69, 9.17) is 4.74 Å². The fourth-order valence-electron chi connectivity index (χ4n) is 1.34. The lowest BCUT2D eigenvalue weighted by molar-refractivity contribution is 0.114. The van der Waals surface area contributed by atoms with Crippen molar-refractivity contribution in [3.05, 3.63) is 18.6 Å². The molecule has 0 bridgehead atoms. The highest BCUT2D eigenvalue weighted by Gasteiger charge is 2.22. The molecule has 0 aromatic carbocycles. The first-order chi connectivity index (χ1) is 5.34. The van der Waals surface area contributed by atoms with Gasteiger partial charge in [-0.25, -0.2) is 0 Å². The van der Waals surface area contributed by atoms with Crippen LogP contribution in [0.4, 0.5) is 0 Å². The summed E-state index contributed by atoms with van der Waals surface area (Å²) in [4.78, 5) is 0.515. The summed E-state index contributed by atoms with van der Waals surface area (Å²) in [5, 5.41) is 0. The molecule has 62 valence electrons. The van der Waals surface area contributed by atoms with Gasteiger partial charge in [-0.2, -0.15) is 0 Å². The zero-order valence-corrected chi connectivity index (χ0v) is 8.14. The number of hydrogen-bond acceptors (Lipinski definition) is 1. The molecule has 1 nitrogen and oxygen atoms in total. The van der Waals surface area contributed by atoms with Crippen LogP contribution in [-0.2, 0) is 4.74 Å². The third kappa shape index (κ3) is 2.72. The third-order valence-corrected chi connectivity index (χ3v) is 3.00. The number of rotatable bonds is 2. The Labute approximate surface area is 76.3 Å². The van der Waals surface area contributed by atoms with E-state index in [1.807, 2.05) is 0 Å². The Bertz CT molecular complexity index is 161. The van der Waals surface area contributed by atoms with Crippen molar-refractivity contribution in [2.75, 3.05) is 0 Å². The van der Waals surface area contributed by atoms with Crippen LogP contribution in [0.3, 0.4) is 0 Å². The lowest BCUT2D eigenvalue weighted by atomic mass is 9.98. The molecule has 2 unspecified atom stereocenters. The van der Waals surface area contributed by atoms with E-state index in [0.29, 0.717) is 10.9 Å². The van der Waals surface area contributed by atoms with Gasteiger partial charge in [-0.3, -0.25) is 0 Å². The van der Waals surface area contributed by atoms with Gasteiger partial charge in [-0.15, -0.1) is 0 Å². The first-order valence-corrected chi connectivity index (χ1v) is 4.90. The first kappa shape index (κ1) is 8.89. The summed E-state index contributed by atoms with van der Waals surface area (Å²) in [5.41, 5.74) is 2.62. The van der Waals surface area contributed by atoms with Crippen molar-refractivity contribution in [1.82, 2.24) is 0 Å². The van der Waals surface area contributed by atoms with Gasteiger partial charge in [-0.1, -0.05) is 34.7 Å². The van der Waals surface area contributed by atoms with Gasteiger partial charge < -0.3 is 4.74 Å². The molecule has 2 heteroatoms. The van der Waals surface area contributed by atoms with Crippen LogP contribution >= 0.6 is 15.9 Å². The second kappa shape index (κ2) is 4.63. The summed E-state index contributed by atoms with van der Waals surface area (Å²) in [7, 11) is 0.